The Morgan fingerprint density at radius 1 is 0.935 bits per heavy atom. The van der Waals surface area contributed by atoms with Crippen LogP contribution in [0.4, 0.5) is 4.79 Å². The summed E-state index contributed by atoms with van der Waals surface area (Å²) in [5.41, 5.74) is -0.622. The van der Waals surface area contributed by atoms with Crippen LogP contribution in [0.5, 0.6) is 0 Å². The molecule has 1 N–H and O–H groups in total. The molecule has 2 aromatic carbocycles. The summed E-state index contributed by atoms with van der Waals surface area (Å²) in [7, 11) is -2.67. The maximum absolute atomic E-state index is 12.1. The van der Waals surface area contributed by atoms with Gasteiger partial charge in [-0.3, -0.25) is 0 Å². The molecule has 0 unspecified atom stereocenters. The first kappa shape index (κ1) is 24.8. The van der Waals surface area contributed by atoms with Gasteiger partial charge in [-0.05, 0) is 42.6 Å². The van der Waals surface area contributed by atoms with Crippen molar-refractivity contribution in [2.75, 3.05) is 6.61 Å². The van der Waals surface area contributed by atoms with E-state index in [2.05, 4.69) is 50.4 Å². The Labute approximate surface area is 187 Å². The Kier molecular flexibility index (Phi) is 8.20. The van der Waals surface area contributed by atoms with Crippen molar-refractivity contribution < 1.29 is 18.8 Å². The normalized spacial score (nSPS) is 13.4. The monoisotopic (exact) mass is 441 g/mol. The van der Waals surface area contributed by atoms with Gasteiger partial charge >= 0.3 is 6.09 Å². The Morgan fingerprint density at radius 3 is 1.81 bits per heavy atom. The third-order valence-electron chi connectivity index (χ3n) is 5.03. The van der Waals surface area contributed by atoms with Gasteiger partial charge < -0.3 is 19.3 Å². The topological polar surface area (TPSA) is 64.6 Å². The lowest BCUT2D eigenvalue weighted by Crippen LogP contribution is -2.66. The van der Waals surface area contributed by atoms with Crippen molar-refractivity contribution >= 4 is 31.1 Å². The smallest absolute Gasteiger partial charge is 0.408 e. The van der Waals surface area contributed by atoms with Crippen LogP contribution in [-0.2, 0) is 14.0 Å². The number of rotatable bonds is 8. The van der Waals surface area contributed by atoms with Gasteiger partial charge in [0.25, 0.3) is 8.32 Å². The molecule has 168 valence electrons. The summed E-state index contributed by atoms with van der Waals surface area (Å²) in [5, 5.41) is 4.84. The third-order valence-corrected chi connectivity index (χ3v) is 10.1. The second-order valence-corrected chi connectivity index (χ2v) is 14.0. The number of ether oxygens (including phenoxy) is 1. The molecule has 0 aliphatic heterocycles. The zero-order valence-electron chi connectivity index (χ0n) is 19.5. The van der Waals surface area contributed by atoms with Gasteiger partial charge in [-0.2, -0.15) is 0 Å². The number of benzene rings is 2. The lowest BCUT2D eigenvalue weighted by molar-refractivity contribution is -0.109. The highest BCUT2D eigenvalue weighted by atomic mass is 28.4. The molecular weight excluding hydrogens is 406 g/mol. The molecule has 0 aliphatic carbocycles. The molecule has 0 aliphatic rings. The van der Waals surface area contributed by atoms with Crippen molar-refractivity contribution in [1.29, 1.82) is 0 Å². The average Bonchev–Trinajstić information content (AvgIpc) is 2.69. The van der Waals surface area contributed by atoms with Gasteiger partial charge in [-0.15, -0.1) is 0 Å². The van der Waals surface area contributed by atoms with E-state index in [1.54, 1.807) is 20.8 Å². The van der Waals surface area contributed by atoms with Crippen LogP contribution < -0.4 is 15.7 Å². The van der Waals surface area contributed by atoms with Crippen LogP contribution in [-0.4, -0.2) is 38.9 Å². The molecule has 0 heterocycles. The van der Waals surface area contributed by atoms with Crippen molar-refractivity contribution in [2.24, 2.45) is 0 Å². The van der Waals surface area contributed by atoms with Crippen LogP contribution in [0.3, 0.4) is 0 Å². The number of nitrogens with one attached hydrogen (secondary N) is 1. The number of carbonyl (C=O) groups excluding carboxylic acids is 2. The van der Waals surface area contributed by atoms with E-state index >= 15 is 0 Å². The van der Waals surface area contributed by atoms with Gasteiger partial charge in [0.15, 0.2) is 0 Å². The first-order chi connectivity index (χ1) is 14.5. The number of amides is 1. The van der Waals surface area contributed by atoms with Crippen molar-refractivity contribution in [2.45, 2.75) is 64.6 Å². The van der Waals surface area contributed by atoms with E-state index in [1.807, 2.05) is 36.4 Å². The minimum Gasteiger partial charge on any atom is -0.444 e. The molecule has 0 spiro atoms. The third kappa shape index (κ3) is 6.52. The van der Waals surface area contributed by atoms with E-state index in [-0.39, 0.29) is 5.04 Å². The fourth-order valence-electron chi connectivity index (χ4n) is 3.73. The van der Waals surface area contributed by atoms with Crippen LogP contribution in [0.15, 0.2) is 60.7 Å². The molecule has 1 amide bonds. The summed E-state index contributed by atoms with van der Waals surface area (Å²) >= 11 is 0. The van der Waals surface area contributed by atoms with Gasteiger partial charge in [0.05, 0.1) is 6.04 Å². The first-order valence-corrected chi connectivity index (χ1v) is 12.6. The molecule has 1 atom stereocenters. The zero-order chi connectivity index (χ0) is 23.1. The molecular formula is C25H35NO4Si. The number of hydrogen-bond donors (Lipinski definition) is 1. The number of aldehydes is 1. The van der Waals surface area contributed by atoms with Gasteiger partial charge in [-0.25, -0.2) is 4.79 Å². The lowest BCUT2D eigenvalue weighted by Gasteiger charge is -2.43. The van der Waals surface area contributed by atoms with Crippen molar-refractivity contribution in [3.05, 3.63) is 60.7 Å². The second-order valence-electron chi connectivity index (χ2n) is 9.69. The maximum atomic E-state index is 12.1. The molecule has 0 fully saturated rings. The van der Waals surface area contributed by atoms with Crippen molar-refractivity contribution in [3.63, 3.8) is 0 Å². The summed E-state index contributed by atoms with van der Waals surface area (Å²) in [6.45, 7) is 12.3. The fourth-order valence-corrected chi connectivity index (χ4v) is 8.31. The molecule has 0 bridgehead atoms. The number of carbonyl (C=O) groups is 2. The molecule has 31 heavy (non-hydrogen) atoms. The average molecular weight is 442 g/mol. The first-order valence-electron chi connectivity index (χ1n) is 10.7. The predicted molar refractivity (Wildman–Crippen MR) is 127 cm³/mol. The van der Waals surface area contributed by atoms with E-state index in [4.69, 9.17) is 9.16 Å². The molecule has 5 nitrogen and oxygen atoms in total. The highest BCUT2D eigenvalue weighted by Gasteiger charge is 2.50. The molecule has 0 radical (unpaired) electrons. The zero-order valence-corrected chi connectivity index (χ0v) is 20.5. The Morgan fingerprint density at radius 2 is 1.42 bits per heavy atom. The SMILES string of the molecule is CC(C)(C)OC(=O)N[C@@H](C=O)CCO[Si](c1ccccc1)(c1ccccc1)C(C)(C)C. The van der Waals surface area contributed by atoms with Crippen LogP contribution in [0.2, 0.25) is 5.04 Å². The van der Waals surface area contributed by atoms with E-state index in [1.165, 1.54) is 10.4 Å². The highest BCUT2D eigenvalue weighted by molar-refractivity contribution is 6.99. The maximum Gasteiger partial charge on any atom is 0.408 e. The van der Waals surface area contributed by atoms with Crippen molar-refractivity contribution in [1.82, 2.24) is 5.32 Å². The molecule has 6 heteroatoms. The summed E-state index contributed by atoms with van der Waals surface area (Å²) in [5.74, 6) is 0. The summed E-state index contributed by atoms with van der Waals surface area (Å²) in [4.78, 5) is 23.6. The Balaban J connectivity index is 2.27. The highest BCUT2D eigenvalue weighted by Crippen LogP contribution is 2.36. The lowest BCUT2D eigenvalue weighted by atomic mass is 10.2. The molecule has 2 aromatic rings. The quantitative estimate of drug-likeness (QED) is 0.496. The second kappa shape index (κ2) is 10.2. The standard InChI is InChI=1S/C25H35NO4Si/c1-24(2,3)30-23(28)26-20(19-27)17-18-29-31(25(4,5)6,21-13-9-7-10-14-21)22-15-11-8-12-16-22/h7-16,19-20H,17-18H2,1-6H3,(H,26,28)/t20-/m1/s1. The molecule has 0 saturated heterocycles. The molecule has 2 rings (SSSR count). The summed E-state index contributed by atoms with van der Waals surface area (Å²) in [6, 6.07) is 20.0. The van der Waals surface area contributed by atoms with Crippen LogP contribution in [0, 0.1) is 0 Å². The molecule has 0 saturated carbocycles. The van der Waals surface area contributed by atoms with Gasteiger partial charge in [0.1, 0.15) is 11.9 Å². The Hall–Kier alpha value is -2.44. The van der Waals surface area contributed by atoms with E-state index < -0.39 is 26.1 Å². The summed E-state index contributed by atoms with van der Waals surface area (Å²) < 4.78 is 12.0. The van der Waals surface area contributed by atoms with Crippen LogP contribution >= 0.6 is 0 Å². The summed E-state index contributed by atoms with van der Waals surface area (Å²) in [6.07, 6.45) is 0.501. The van der Waals surface area contributed by atoms with Gasteiger partial charge in [0.2, 0.25) is 0 Å². The van der Waals surface area contributed by atoms with Gasteiger partial charge in [0, 0.05) is 6.61 Å². The van der Waals surface area contributed by atoms with E-state index in [9.17, 15) is 9.59 Å². The minimum atomic E-state index is -2.67. The van der Waals surface area contributed by atoms with Crippen LogP contribution in [0.1, 0.15) is 48.0 Å². The predicted octanol–water partition coefficient (Wildman–Crippen LogP) is 4.05. The molecule has 0 aromatic heterocycles. The number of alkyl carbamates (subject to hydrolysis) is 1. The van der Waals surface area contributed by atoms with Crippen LogP contribution in [0.25, 0.3) is 0 Å². The fraction of sp³-hybridized carbons (Fsp3) is 0.440. The van der Waals surface area contributed by atoms with E-state index in [0.717, 1.165) is 6.29 Å². The minimum absolute atomic E-state index is 0.148. The van der Waals surface area contributed by atoms with Gasteiger partial charge in [-0.1, -0.05) is 81.4 Å². The largest absolute Gasteiger partial charge is 0.444 e. The van der Waals surface area contributed by atoms with E-state index in [0.29, 0.717) is 13.0 Å². The van der Waals surface area contributed by atoms with Crippen molar-refractivity contribution in [3.8, 4) is 0 Å². The Bertz CT molecular complexity index is 802. The number of hydrogen-bond acceptors (Lipinski definition) is 4.